The van der Waals surface area contributed by atoms with Gasteiger partial charge in [-0.3, -0.25) is 0 Å². The van der Waals surface area contributed by atoms with Crippen molar-refractivity contribution in [1.29, 1.82) is 0 Å². The maximum absolute atomic E-state index is 13.0. The minimum absolute atomic E-state index is 0.000571. The molecule has 1 saturated heterocycles. The van der Waals surface area contributed by atoms with Crippen LogP contribution >= 0.6 is 0 Å². The maximum atomic E-state index is 13.0. The van der Waals surface area contributed by atoms with E-state index in [9.17, 15) is 16.8 Å². The lowest BCUT2D eigenvalue weighted by Gasteiger charge is -2.33. The van der Waals surface area contributed by atoms with Gasteiger partial charge in [0.25, 0.3) is 0 Å². The Bertz CT molecular complexity index is 1170. The third-order valence-electron chi connectivity index (χ3n) is 4.45. The Morgan fingerprint density at radius 2 is 1.37 bits per heavy atom. The number of fused-ring (bicyclic) bond motifs is 1. The van der Waals surface area contributed by atoms with Gasteiger partial charge in [0.2, 0.25) is 20.0 Å². The number of sulfonamides is 2. The first-order chi connectivity index (χ1) is 12.9. The number of piperazine rings is 1. The van der Waals surface area contributed by atoms with E-state index in [-0.39, 0.29) is 41.5 Å². The molecule has 1 aromatic heterocycles. The molecule has 27 heavy (non-hydrogen) atoms. The molecule has 0 radical (unpaired) electrons. The first-order valence-corrected chi connectivity index (χ1v) is 11.1. The van der Waals surface area contributed by atoms with Crippen LogP contribution < -0.4 is 0 Å². The van der Waals surface area contributed by atoms with E-state index in [1.807, 2.05) is 0 Å². The van der Waals surface area contributed by atoms with Gasteiger partial charge in [-0.2, -0.15) is 8.61 Å². The van der Waals surface area contributed by atoms with Crippen LogP contribution in [0.2, 0.25) is 0 Å². The zero-order chi connectivity index (χ0) is 19.1. The lowest BCUT2D eigenvalue weighted by atomic mass is 10.3. The molecular weight excluding hydrogens is 392 g/mol. The van der Waals surface area contributed by atoms with Crippen molar-refractivity contribution in [1.82, 2.24) is 18.9 Å². The molecule has 11 heteroatoms. The summed E-state index contributed by atoms with van der Waals surface area (Å²) < 4.78 is 58.5. The van der Waals surface area contributed by atoms with E-state index >= 15 is 0 Å². The fourth-order valence-corrected chi connectivity index (χ4v) is 6.02. The Morgan fingerprint density at radius 1 is 0.741 bits per heavy atom. The molecule has 1 fully saturated rings. The van der Waals surface area contributed by atoms with Crippen LogP contribution in [-0.2, 0) is 20.0 Å². The molecule has 9 nitrogen and oxygen atoms in total. The summed E-state index contributed by atoms with van der Waals surface area (Å²) in [7, 11) is -7.49. The Hall–Kier alpha value is -2.34. The molecule has 0 amide bonds. The minimum Gasteiger partial charge on any atom is -0.243 e. The molecule has 1 aliphatic rings. The lowest BCUT2D eigenvalue weighted by molar-refractivity contribution is 0.273. The molecule has 1 aliphatic heterocycles. The third-order valence-corrected chi connectivity index (χ3v) is 8.29. The van der Waals surface area contributed by atoms with Crippen LogP contribution in [0.4, 0.5) is 0 Å². The van der Waals surface area contributed by atoms with E-state index in [4.69, 9.17) is 0 Å². The second kappa shape index (κ2) is 6.68. The van der Waals surface area contributed by atoms with Gasteiger partial charge in [0, 0.05) is 26.2 Å². The Balaban J connectivity index is 1.56. The number of aromatic nitrogens is 2. The third kappa shape index (κ3) is 3.12. The summed E-state index contributed by atoms with van der Waals surface area (Å²) >= 11 is 0. The van der Waals surface area contributed by atoms with Gasteiger partial charge in [-0.25, -0.2) is 21.5 Å². The number of rotatable bonds is 4. The van der Waals surface area contributed by atoms with E-state index < -0.39 is 20.0 Å². The van der Waals surface area contributed by atoms with E-state index in [2.05, 4.69) is 14.9 Å². The molecule has 2 aromatic carbocycles. The summed E-state index contributed by atoms with van der Waals surface area (Å²) in [6.45, 7) is 0.249. The van der Waals surface area contributed by atoms with Crippen LogP contribution in [0.25, 0.3) is 11.0 Å². The Morgan fingerprint density at radius 3 is 2.04 bits per heavy atom. The smallest absolute Gasteiger partial charge is 0.243 e. The van der Waals surface area contributed by atoms with Crippen LogP contribution in [0.3, 0.4) is 0 Å². The first-order valence-electron chi connectivity index (χ1n) is 8.17. The molecule has 0 saturated carbocycles. The normalized spacial score (nSPS) is 17.3. The van der Waals surface area contributed by atoms with E-state index in [1.165, 1.54) is 26.8 Å². The summed E-state index contributed by atoms with van der Waals surface area (Å²) in [5.74, 6) is 0. The summed E-state index contributed by atoms with van der Waals surface area (Å²) in [6, 6.07) is 12.7. The fraction of sp³-hybridized carbons (Fsp3) is 0.250. The van der Waals surface area contributed by atoms with Gasteiger partial charge in [0.15, 0.2) is 5.52 Å². The largest absolute Gasteiger partial charge is 0.245 e. The molecule has 0 bridgehead atoms. The summed E-state index contributed by atoms with van der Waals surface area (Å²) in [4.78, 5) is 0.195. The van der Waals surface area contributed by atoms with Gasteiger partial charge in [-0.1, -0.05) is 24.3 Å². The monoisotopic (exact) mass is 408 g/mol. The minimum atomic E-state index is -3.84. The molecule has 0 N–H and O–H groups in total. The number of nitrogens with zero attached hydrogens (tertiary/aromatic N) is 4. The second-order valence-corrected chi connectivity index (χ2v) is 9.85. The van der Waals surface area contributed by atoms with Crippen molar-refractivity contribution in [2.75, 3.05) is 26.2 Å². The van der Waals surface area contributed by atoms with Crippen molar-refractivity contribution in [2.45, 2.75) is 9.79 Å². The molecule has 0 atom stereocenters. The number of hydrogen-bond acceptors (Lipinski definition) is 7. The molecule has 4 rings (SSSR count). The highest BCUT2D eigenvalue weighted by atomic mass is 32.2. The fourth-order valence-electron chi connectivity index (χ4n) is 3.02. The van der Waals surface area contributed by atoms with E-state index in [0.717, 1.165) is 0 Å². The highest BCUT2D eigenvalue weighted by Gasteiger charge is 2.34. The zero-order valence-electron chi connectivity index (χ0n) is 14.1. The van der Waals surface area contributed by atoms with Gasteiger partial charge < -0.3 is 0 Å². The van der Waals surface area contributed by atoms with Crippen LogP contribution in [0, 0.1) is 0 Å². The molecule has 0 spiro atoms. The zero-order valence-corrected chi connectivity index (χ0v) is 15.7. The van der Waals surface area contributed by atoms with Crippen LogP contribution in [0.15, 0.2) is 63.0 Å². The van der Waals surface area contributed by atoms with Gasteiger partial charge >= 0.3 is 0 Å². The molecular formula is C16H16N4O5S2. The van der Waals surface area contributed by atoms with Crippen molar-refractivity contribution in [3.05, 3.63) is 48.5 Å². The second-order valence-electron chi connectivity index (χ2n) is 6.01. The molecule has 2 heterocycles. The lowest BCUT2D eigenvalue weighted by Crippen LogP contribution is -2.50. The Kier molecular flexibility index (Phi) is 4.46. The SMILES string of the molecule is O=S(=O)(c1ccccc1)N1CCN(S(=O)(=O)c2cccc3nonc23)CC1. The van der Waals surface area contributed by atoms with Crippen LogP contribution in [0.1, 0.15) is 0 Å². The average molecular weight is 408 g/mol. The number of benzene rings is 2. The highest BCUT2D eigenvalue weighted by molar-refractivity contribution is 7.89. The van der Waals surface area contributed by atoms with E-state index in [0.29, 0.717) is 5.52 Å². The first kappa shape index (κ1) is 18.0. The standard InChI is InChI=1S/C16H16N4O5S2/c21-26(22,13-5-2-1-3-6-13)19-9-11-20(12-10-19)27(23,24)15-8-4-7-14-16(15)18-25-17-14/h1-8H,9-12H2. The van der Waals surface area contributed by atoms with Gasteiger partial charge in [-0.15, -0.1) is 0 Å². The van der Waals surface area contributed by atoms with Crippen molar-refractivity contribution in [2.24, 2.45) is 0 Å². The number of hydrogen-bond donors (Lipinski definition) is 0. The van der Waals surface area contributed by atoms with Crippen molar-refractivity contribution in [3.63, 3.8) is 0 Å². The van der Waals surface area contributed by atoms with Crippen LogP contribution in [-0.4, -0.2) is 61.9 Å². The highest BCUT2D eigenvalue weighted by Crippen LogP contribution is 2.25. The van der Waals surface area contributed by atoms with Crippen molar-refractivity contribution >= 4 is 31.1 Å². The summed E-state index contributed by atoms with van der Waals surface area (Å²) in [6.07, 6.45) is 0. The summed E-state index contributed by atoms with van der Waals surface area (Å²) in [5.41, 5.74) is 0.512. The van der Waals surface area contributed by atoms with Crippen LogP contribution in [0.5, 0.6) is 0 Å². The average Bonchev–Trinajstić information content (AvgIpc) is 3.17. The van der Waals surface area contributed by atoms with Gasteiger partial charge in [0.1, 0.15) is 10.4 Å². The topological polar surface area (TPSA) is 114 Å². The summed E-state index contributed by atoms with van der Waals surface area (Å²) in [5, 5.41) is 7.33. The molecule has 0 unspecified atom stereocenters. The molecule has 142 valence electrons. The molecule has 3 aromatic rings. The molecule has 0 aliphatic carbocycles. The maximum Gasteiger partial charge on any atom is 0.245 e. The predicted octanol–water partition coefficient (Wildman–Crippen LogP) is 0.918. The van der Waals surface area contributed by atoms with Gasteiger partial charge in [-0.05, 0) is 34.6 Å². The predicted molar refractivity (Wildman–Crippen MR) is 95.8 cm³/mol. The van der Waals surface area contributed by atoms with Crippen molar-refractivity contribution in [3.8, 4) is 0 Å². The van der Waals surface area contributed by atoms with Crippen molar-refractivity contribution < 1.29 is 21.5 Å². The quantitative estimate of drug-likeness (QED) is 0.630. The van der Waals surface area contributed by atoms with E-state index in [1.54, 1.807) is 30.3 Å². The van der Waals surface area contributed by atoms with Gasteiger partial charge in [0.05, 0.1) is 4.90 Å². The Labute approximate surface area is 156 Å².